The Labute approximate surface area is 94.6 Å². The van der Waals surface area contributed by atoms with Gasteiger partial charge in [0.1, 0.15) is 12.1 Å². The summed E-state index contributed by atoms with van der Waals surface area (Å²) >= 11 is 0. The van der Waals surface area contributed by atoms with Crippen molar-refractivity contribution in [1.29, 1.82) is 0 Å². The maximum absolute atomic E-state index is 11.1. The Morgan fingerprint density at radius 1 is 1.44 bits per heavy atom. The minimum atomic E-state index is -0.257. The second-order valence-electron chi connectivity index (χ2n) is 3.51. The van der Waals surface area contributed by atoms with Crippen LogP contribution in [0.4, 0.5) is 5.69 Å². The summed E-state index contributed by atoms with van der Waals surface area (Å²) in [6.45, 7) is 1.78. The van der Waals surface area contributed by atoms with Gasteiger partial charge in [0.25, 0.3) is 0 Å². The van der Waals surface area contributed by atoms with Crippen molar-refractivity contribution in [1.82, 2.24) is 0 Å². The SMILES string of the molecule is CC(CC(=O)CC=O)ONc1ccccc1. The Hall–Kier alpha value is -1.68. The normalized spacial score (nSPS) is 11.8. The van der Waals surface area contributed by atoms with Gasteiger partial charge in [0.15, 0.2) is 0 Å². The van der Waals surface area contributed by atoms with Gasteiger partial charge < -0.3 is 4.79 Å². The fraction of sp³-hybridized carbons (Fsp3) is 0.333. The molecule has 0 aliphatic heterocycles. The summed E-state index contributed by atoms with van der Waals surface area (Å²) in [5.74, 6) is -0.114. The van der Waals surface area contributed by atoms with Crippen LogP contribution in [0.2, 0.25) is 0 Å². The Balaban J connectivity index is 2.27. The maximum Gasteiger partial charge on any atom is 0.142 e. The lowest BCUT2D eigenvalue weighted by molar-refractivity contribution is -0.123. The summed E-state index contributed by atoms with van der Waals surface area (Å²) in [4.78, 5) is 26.5. The highest BCUT2D eigenvalue weighted by Gasteiger charge is 2.09. The van der Waals surface area contributed by atoms with Crippen molar-refractivity contribution >= 4 is 17.8 Å². The molecule has 1 N–H and O–H groups in total. The van der Waals surface area contributed by atoms with Gasteiger partial charge in [-0.2, -0.15) is 0 Å². The number of Topliss-reactive ketones (excluding diaryl/α,β-unsaturated/α-hetero) is 1. The standard InChI is InChI=1S/C12H15NO3/c1-10(9-12(15)7-8-14)16-13-11-5-3-2-4-6-11/h2-6,8,10,13H,7,9H2,1H3. The molecule has 0 saturated heterocycles. The first kappa shape index (κ1) is 12.4. The molecular weight excluding hydrogens is 206 g/mol. The molecule has 1 aromatic carbocycles. The van der Waals surface area contributed by atoms with E-state index in [9.17, 15) is 9.59 Å². The number of anilines is 1. The van der Waals surface area contributed by atoms with Gasteiger partial charge in [0, 0.05) is 6.42 Å². The van der Waals surface area contributed by atoms with Crippen LogP contribution in [0, 0.1) is 0 Å². The summed E-state index contributed by atoms with van der Waals surface area (Å²) in [5, 5.41) is 0. The molecule has 0 aliphatic carbocycles. The minimum absolute atomic E-state index is 0.0426. The van der Waals surface area contributed by atoms with E-state index in [1.54, 1.807) is 6.92 Å². The van der Waals surface area contributed by atoms with Crippen LogP contribution in [-0.4, -0.2) is 18.2 Å². The predicted octanol–water partition coefficient (Wildman–Crippen LogP) is 1.97. The first-order valence-electron chi connectivity index (χ1n) is 5.14. The molecule has 1 atom stereocenters. The van der Waals surface area contributed by atoms with Gasteiger partial charge in [-0.25, -0.2) is 0 Å². The second kappa shape index (κ2) is 6.74. The van der Waals surface area contributed by atoms with Crippen molar-refractivity contribution in [2.75, 3.05) is 5.48 Å². The van der Waals surface area contributed by atoms with Crippen LogP contribution in [-0.2, 0) is 14.4 Å². The molecule has 0 bridgehead atoms. The Morgan fingerprint density at radius 3 is 2.75 bits per heavy atom. The highest BCUT2D eigenvalue weighted by Crippen LogP contribution is 2.07. The van der Waals surface area contributed by atoms with Crippen LogP contribution in [0.15, 0.2) is 30.3 Å². The van der Waals surface area contributed by atoms with Gasteiger partial charge in [0.05, 0.1) is 18.2 Å². The lowest BCUT2D eigenvalue weighted by atomic mass is 10.1. The topological polar surface area (TPSA) is 55.4 Å². The van der Waals surface area contributed by atoms with E-state index in [4.69, 9.17) is 4.84 Å². The van der Waals surface area contributed by atoms with Crippen LogP contribution in [0.25, 0.3) is 0 Å². The van der Waals surface area contributed by atoms with Crippen LogP contribution >= 0.6 is 0 Å². The van der Waals surface area contributed by atoms with E-state index in [0.29, 0.717) is 6.29 Å². The number of carbonyl (C=O) groups is 2. The van der Waals surface area contributed by atoms with E-state index < -0.39 is 0 Å². The molecule has 86 valence electrons. The molecule has 16 heavy (non-hydrogen) atoms. The summed E-state index contributed by atoms with van der Waals surface area (Å²) in [6, 6.07) is 9.39. The second-order valence-corrected chi connectivity index (χ2v) is 3.51. The van der Waals surface area contributed by atoms with Crippen molar-refractivity contribution < 1.29 is 14.4 Å². The predicted molar refractivity (Wildman–Crippen MR) is 60.9 cm³/mol. The average molecular weight is 221 g/mol. The monoisotopic (exact) mass is 221 g/mol. The Kier molecular flexibility index (Phi) is 5.22. The zero-order valence-electron chi connectivity index (χ0n) is 9.18. The number of aldehydes is 1. The molecule has 1 rings (SSSR count). The fourth-order valence-electron chi connectivity index (χ4n) is 1.21. The van der Waals surface area contributed by atoms with Crippen LogP contribution in [0.5, 0.6) is 0 Å². The van der Waals surface area contributed by atoms with E-state index in [1.807, 2.05) is 30.3 Å². The molecule has 0 spiro atoms. The number of nitrogens with one attached hydrogen (secondary N) is 1. The van der Waals surface area contributed by atoms with Crippen molar-refractivity contribution in [3.8, 4) is 0 Å². The lowest BCUT2D eigenvalue weighted by Gasteiger charge is -2.12. The zero-order chi connectivity index (χ0) is 11.8. The van der Waals surface area contributed by atoms with Crippen molar-refractivity contribution in [3.05, 3.63) is 30.3 Å². The molecular formula is C12H15NO3. The molecule has 4 nitrogen and oxygen atoms in total. The Morgan fingerprint density at radius 2 is 2.12 bits per heavy atom. The van der Waals surface area contributed by atoms with E-state index in [2.05, 4.69) is 5.48 Å². The number of ketones is 1. The molecule has 0 amide bonds. The van der Waals surface area contributed by atoms with E-state index in [0.717, 1.165) is 5.69 Å². The first-order valence-corrected chi connectivity index (χ1v) is 5.14. The fourth-order valence-corrected chi connectivity index (χ4v) is 1.21. The van der Waals surface area contributed by atoms with Crippen molar-refractivity contribution in [2.45, 2.75) is 25.9 Å². The molecule has 1 unspecified atom stereocenters. The quantitative estimate of drug-likeness (QED) is 0.434. The summed E-state index contributed by atoms with van der Waals surface area (Å²) in [7, 11) is 0. The van der Waals surface area contributed by atoms with Gasteiger partial charge >= 0.3 is 0 Å². The zero-order valence-corrected chi connectivity index (χ0v) is 9.18. The van der Waals surface area contributed by atoms with Gasteiger partial charge in [-0.05, 0) is 19.1 Å². The van der Waals surface area contributed by atoms with Crippen LogP contribution in [0.3, 0.4) is 0 Å². The summed E-state index contributed by atoms with van der Waals surface area (Å²) in [6.07, 6.45) is 0.546. The third-order valence-corrected chi connectivity index (χ3v) is 1.98. The van der Waals surface area contributed by atoms with Crippen LogP contribution in [0.1, 0.15) is 19.8 Å². The number of rotatable bonds is 7. The summed E-state index contributed by atoms with van der Waals surface area (Å²) < 4.78 is 0. The Bertz CT molecular complexity index is 337. The van der Waals surface area contributed by atoms with Gasteiger partial charge in [-0.15, -0.1) is 0 Å². The summed E-state index contributed by atoms with van der Waals surface area (Å²) in [5.41, 5.74) is 3.58. The largest absolute Gasteiger partial charge is 0.303 e. The van der Waals surface area contributed by atoms with Gasteiger partial charge in [-0.1, -0.05) is 18.2 Å². The number of carbonyl (C=O) groups excluding carboxylic acids is 2. The minimum Gasteiger partial charge on any atom is -0.303 e. The highest BCUT2D eigenvalue weighted by molar-refractivity contribution is 5.89. The average Bonchev–Trinajstić information content (AvgIpc) is 2.28. The van der Waals surface area contributed by atoms with Crippen molar-refractivity contribution in [3.63, 3.8) is 0 Å². The van der Waals surface area contributed by atoms with E-state index >= 15 is 0 Å². The number of benzene rings is 1. The van der Waals surface area contributed by atoms with Gasteiger partial charge in [0.2, 0.25) is 0 Å². The molecule has 4 heteroatoms. The third kappa shape index (κ3) is 4.70. The molecule has 1 aromatic rings. The molecule has 0 saturated carbocycles. The number of hydrogen-bond acceptors (Lipinski definition) is 4. The molecule has 0 aromatic heterocycles. The maximum atomic E-state index is 11.1. The van der Waals surface area contributed by atoms with Crippen LogP contribution < -0.4 is 5.48 Å². The van der Waals surface area contributed by atoms with E-state index in [1.165, 1.54) is 0 Å². The number of para-hydroxylation sites is 1. The lowest BCUT2D eigenvalue weighted by Crippen LogP contribution is -2.17. The highest BCUT2D eigenvalue weighted by atomic mass is 16.7. The van der Waals surface area contributed by atoms with Gasteiger partial charge in [-0.3, -0.25) is 15.1 Å². The van der Waals surface area contributed by atoms with Crippen molar-refractivity contribution in [2.24, 2.45) is 0 Å². The van der Waals surface area contributed by atoms with E-state index in [-0.39, 0.29) is 24.7 Å². The number of hydrogen-bond donors (Lipinski definition) is 1. The molecule has 0 radical (unpaired) electrons. The molecule has 0 fully saturated rings. The molecule has 0 heterocycles. The third-order valence-electron chi connectivity index (χ3n) is 1.98. The molecule has 0 aliphatic rings. The smallest absolute Gasteiger partial charge is 0.142 e. The first-order chi connectivity index (χ1) is 7.72.